The number of nitrogens with two attached hydrogens (primary N) is 1. The van der Waals surface area contributed by atoms with Crippen LogP contribution in [0.5, 0.6) is 0 Å². The zero-order chi connectivity index (χ0) is 12.5. The molecule has 0 aliphatic carbocycles. The lowest BCUT2D eigenvalue weighted by atomic mass is 10.0. The van der Waals surface area contributed by atoms with Crippen LogP contribution in [0.1, 0.15) is 17.7 Å². The lowest BCUT2D eigenvalue weighted by molar-refractivity contribution is 0.749. The zero-order valence-electron chi connectivity index (χ0n) is 10.5. The van der Waals surface area contributed by atoms with E-state index in [9.17, 15) is 0 Å². The van der Waals surface area contributed by atoms with Gasteiger partial charge in [0, 0.05) is 24.1 Å². The van der Waals surface area contributed by atoms with Crippen LogP contribution in [0.3, 0.4) is 0 Å². The molecule has 1 aromatic carbocycles. The molecule has 1 aromatic heterocycles. The van der Waals surface area contributed by atoms with Gasteiger partial charge >= 0.3 is 0 Å². The van der Waals surface area contributed by atoms with E-state index in [2.05, 4.69) is 29.4 Å². The van der Waals surface area contributed by atoms with Crippen LogP contribution in [0.25, 0.3) is 11.3 Å². The van der Waals surface area contributed by atoms with Gasteiger partial charge in [-0.3, -0.25) is 4.68 Å². The van der Waals surface area contributed by atoms with Crippen molar-refractivity contribution in [2.75, 3.05) is 5.75 Å². The van der Waals surface area contributed by atoms with Crippen molar-refractivity contribution in [3.63, 3.8) is 0 Å². The van der Waals surface area contributed by atoms with Crippen molar-refractivity contribution in [2.24, 2.45) is 12.8 Å². The number of rotatable bonds is 2. The number of hydrogen-bond acceptors (Lipinski definition) is 3. The Bertz CT molecular complexity index is 574. The normalized spacial score (nSPS) is 14.6. The molecular formula is C14H17N3S. The third-order valence-corrected chi connectivity index (χ3v) is 4.55. The van der Waals surface area contributed by atoms with Crippen molar-refractivity contribution in [1.29, 1.82) is 0 Å². The van der Waals surface area contributed by atoms with E-state index in [1.54, 1.807) is 0 Å². The van der Waals surface area contributed by atoms with Crippen LogP contribution in [0.4, 0.5) is 0 Å². The molecule has 2 aromatic rings. The highest BCUT2D eigenvalue weighted by Crippen LogP contribution is 2.33. The standard InChI is InChI=1S/C14H17N3S/c1-17-13(8-12(9-15)16-17)10-4-5-14-11(7-10)3-2-6-18-14/h4-5,7-8H,2-3,6,9,15H2,1H3. The van der Waals surface area contributed by atoms with Gasteiger partial charge in [0.05, 0.1) is 11.4 Å². The molecule has 0 amide bonds. The molecule has 0 bridgehead atoms. The van der Waals surface area contributed by atoms with Crippen molar-refractivity contribution < 1.29 is 0 Å². The smallest absolute Gasteiger partial charge is 0.0766 e. The van der Waals surface area contributed by atoms with Gasteiger partial charge in [-0.1, -0.05) is 6.07 Å². The van der Waals surface area contributed by atoms with E-state index in [0.29, 0.717) is 6.54 Å². The second kappa shape index (κ2) is 4.78. The Labute approximate surface area is 111 Å². The maximum Gasteiger partial charge on any atom is 0.0766 e. The number of hydrogen-bond donors (Lipinski definition) is 1. The van der Waals surface area contributed by atoms with E-state index >= 15 is 0 Å². The van der Waals surface area contributed by atoms with Crippen molar-refractivity contribution >= 4 is 11.8 Å². The molecule has 18 heavy (non-hydrogen) atoms. The lowest BCUT2D eigenvalue weighted by Gasteiger charge is -2.16. The summed E-state index contributed by atoms with van der Waals surface area (Å²) in [6.45, 7) is 0.495. The number of aromatic nitrogens is 2. The number of thioether (sulfide) groups is 1. The van der Waals surface area contributed by atoms with Crippen molar-refractivity contribution in [2.45, 2.75) is 24.3 Å². The quantitative estimate of drug-likeness (QED) is 0.901. The van der Waals surface area contributed by atoms with Gasteiger partial charge in [0.15, 0.2) is 0 Å². The Balaban J connectivity index is 2.03. The number of benzene rings is 1. The van der Waals surface area contributed by atoms with E-state index in [1.165, 1.54) is 34.6 Å². The summed E-state index contributed by atoms with van der Waals surface area (Å²) in [6.07, 6.45) is 2.47. The fourth-order valence-corrected chi connectivity index (χ4v) is 3.44. The first-order valence-electron chi connectivity index (χ1n) is 6.27. The molecule has 1 aliphatic rings. The van der Waals surface area contributed by atoms with E-state index < -0.39 is 0 Å². The summed E-state index contributed by atoms with van der Waals surface area (Å²) in [4.78, 5) is 1.44. The summed E-state index contributed by atoms with van der Waals surface area (Å²) >= 11 is 1.96. The highest BCUT2D eigenvalue weighted by molar-refractivity contribution is 7.99. The summed E-state index contributed by atoms with van der Waals surface area (Å²) in [5.74, 6) is 1.25. The van der Waals surface area contributed by atoms with Gasteiger partial charge in [0.2, 0.25) is 0 Å². The first-order chi connectivity index (χ1) is 8.78. The highest BCUT2D eigenvalue weighted by Gasteiger charge is 2.12. The molecule has 3 nitrogen and oxygen atoms in total. The van der Waals surface area contributed by atoms with Crippen LogP contribution in [0.15, 0.2) is 29.2 Å². The van der Waals surface area contributed by atoms with Crippen molar-refractivity contribution in [3.05, 3.63) is 35.5 Å². The van der Waals surface area contributed by atoms with E-state index in [0.717, 1.165) is 11.4 Å². The fraction of sp³-hybridized carbons (Fsp3) is 0.357. The fourth-order valence-electron chi connectivity index (χ4n) is 2.42. The van der Waals surface area contributed by atoms with Gasteiger partial charge in [0.25, 0.3) is 0 Å². The van der Waals surface area contributed by atoms with Crippen LogP contribution in [-0.2, 0) is 20.0 Å². The maximum absolute atomic E-state index is 5.64. The predicted molar refractivity (Wildman–Crippen MR) is 75.6 cm³/mol. The van der Waals surface area contributed by atoms with E-state index in [4.69, 9.17) is 5.73 Å². The summed E-state index contributed by atoms with van der Waals surface area (Å²) < 4.78 is 1.92. The Morgan fingerprint density at radius 2 is 2.28 bits per heavy atom. The average Bonchev–Trinajstić information content (AvgIpc) is 2.79. The van der Waals surface area contributed by atoms with E-state index in [1.807, 2.05) is 23.5 Å². The molecule has 3 rings (SSSR count). The zero-order valence-corrected chi connectivity index (χ0v) is 11.3. The Morgan fingerprint density at radius 1 is 1.39 bits per heavy atom. The highest BCUT2D eigenvalue weighted by atomic mass is 32.2. The van der Waals surface area contributed by atoms with Gasteiger partial charge in [-0.2, -0.15) is 5.10 Å². The second-order valence-electron chi connectivity index (χ2n) is 4.62. The number of aryl methyl sites for hydroxylation is 2. The Kier molecular flexibility index (Phi) is 3.14. The minimum absolute atomic E-state index is 0.495. The predicted octanol–water partition coefficient (Wildman–Crippen LogP) is 2.58. The van der Waals surface area contributed by atoms with Crippen molar-refractivity contribution in [1.82, 2.24) is 9.78 Å². The Morgan fingerprint density at radius 3 is 3.06 bits per heavy atom. The van der Waals surface area contributed by atoms with Crippen molar-refractivity contribution in [3.8, 4) is 11.3 Å². The molecule has 1 aliphatic heterocycles. The molecule has 0 radical (unpaired) electrons. The van der Waals surface area contributed by atoms with Gasteiger partial charge < -0.3 is 5.73 Å². The largest absolute Gasteiger partial charge is 0.325 e. The van der Waals surface area contributed by atoms with Crippen LogP contribution >= 0.6 is 11.8 Å². The summed E-state index contributed by atoms with van der Waals surface area (Å²) in [7, 11) is 1.97. The maximum atomic E-state index is 5.64. The lowest BCUT2D eigenvalue weighted by Crippen LogP contribution is -2.00. The SMILES string of the molecule is Cn1nc(CN)cc1-c1ccc2c(c1)CCCS2. The third kappa shape index (κ3) is 2.06. The molecule has 2 heterocycles. The van der Waals surface area contributed by atoms with Gasteiger partial charge in [-0.25, -0.2) is 0 Å². The van der Waals surface area contributed by atoms with Gasteiger partial charge in [-0.05, 0) is 42.4 Å². The average molecular weight is 259 g/mol. The topological polar surface area (TPSA) is 43.8 Å². The van der Waals surface area contributed by atoms with Crippen LogP contribution in [0, 0.1) is 0 Å². The van der Waals surface area contributed by atoms with Gasteiger partial charge in [-0.15, -0.1) is 11.8 Å². The molecule has 0 fully saturated rings. The van der Waals surface area contributed by atoms with Crippen LogP contribution in [0.2, 0.25) is 0 Å². The molecule has 4 heteroatoms. The van der Waals surface area contributed by atoms with E-state index in [-0.39, 0.29) is 0 Å². The number of nitrogens with zero attached hydrogens (tertiary/aromatic N) is 2. The summed E-state index contributed by atoms with van der Waals surface area (Å²) in [5, 5.41) is 4.40. The first kappa shape index (κ1) is 11.8. The van der Waals surface area contributed by atoms with Crippen LogP contribution < -0.4 is 5.73 Å². The minimum Gasteiger partial charge on any atom is -0.325 e. The monoisotopic (exact) mass is 259 g/mol. The molecule has 0 atom stereocenters. The van der Waals surface area contributed by atoms with Gasteiger partial charge in [0.1, 0.15) is 0 Å². The second-order valence-corrected chi connectivity index (χ2v) is 5.76. The molecule has 2 N–H and O–H groups in total. The minimum atomic E-state index is 0.495. The molecule has 94 valence electrons. The summed E-state index contributed by atoms with van der Waals surface area (Å²) in [6, 6.07) is 8.81. The third-order valence-electron chi connectivity index (χ3n) is 3.34. The molecule has 0 saturated heterocycles. The Hall–Kier alpha value is -1.26. The molecule has 0 unspecified atom stereocenters. The first-order valence-corrected chi connectivity index (χ1v) is 7.25. The molecule has 0 spiro atoms. The molecular weight excluding hydrogens is 242 g/mol. The summed E-state index contributed by atoms with van der Waals surface area (Å²) in [5.41, 5.74) is 10.4. The number of fused-ring (bicyclic) bond motifs is 1. The van der Waals surface area contributed by atoms with Crippen LogP contribution in [-0.4, -0.2) is 15.5 Å². The molecule has 0 saturated carbocycles.